The number of aryl methyl sites for hydroxylation is 1. The first kappa shape index (κ1) is 9.65. The highest BCUT2D eigenvalue weighted by Gasteiger charge is 2.07. The van der Waals surface area contributed by atoms with Crippen molar-refractivity contribution in [2.75, 3.05) is 0 Å². The molecule has 0 bridgehead atoms. The van der Waals surface area contributed by atoms with Crippen LogP contribution in [0.2, 0.25) is 0 Å². The number of ketones is 2. The molecule has 2 nitrogen and oxygen atoms in total. The van der Waals surface area contributed by atoms with Crippen LogP contribution in [0.1, 0.15) is 29.3 Å². The summed E-state index contributed by atoms with van der Waals surface area (Å²) >= 11 is 0. The topological polar surface area (TPSA) is 34.1 Å². The van der Waals surface area contributed by atoms with Gasteiger partial charge in [0.15, 0.2) is 5.78 Å². The van der Waals surface area contributed by atoms with Crippen LogP contribution >= 0.6 is 0 Å². The molecule has 0 unspecified atom stereocenters. The molecule has 0 aliphatic heterocycles. The van der Waals surface area contributed by atoms with E-state index in [-0.39, 0.29) is 18.0 Å². The molecule has 0 aromatic heterocycles. The lowest BCUT2D eigenvalue weighted by molar-refractivity contribution is -0.116. The first-order valence-corrected chi connectivity index (χ1v) is 4.19. The van der Waals surface area contributed by atoms with Crippen molar-refractivity contribution in [3.8, 4) is 0 Å². The summed E-state index contributed by atoms with van der Waals surface area (Å²) in [5.41, 5.74) is 1.66. The number of carbonyl (C=O) groups excluding carboxylic acids is 2. The zero-order chi connectivity index (χ0) is 9.84. The van der Waals surface area contributed by atoms with Crippen molar-refractivity contribution in [2.45, 2.75) is 20.3 Å². The van der Waals surface area contributed by atoms with Gasteiger partial charge < -0.3 is 0 Å². The summed E-state index contributed by atoms with van der Waals surface area (Å²) in [5.74, 6) is -0.192. The Hall–Kier alpha value is -1.44. The van der Waals surface area contributed by atoms with Crippen molar-refractivity contribution in [3.63, 3.8) is 0 Å². The average Bonchev–Trinajstić information content (AvgIpc) is 2.03. The molecule has 68 valence electrons. The Morgan fingerprint density at radius 2 is 2.00 bits per heavy atom. The van der Waals surface area contributed by atoms with Gasteiger partial charge in [-0.15, -0.1) is 0 Å². The van der Waals surface area contributed by atoms with Gasteiger partial charge in [0.05, 0.1) is 6.42 Å². The summed E-state index contributed by atoms with van der Waals surface area (Å²) in [6.07, 6.45) is 0.00343. The molecule has 0 saturated heterocycles. The molecule has 2 heteroatoms. The van der Waals surface area contributed by atoms with Gasteiger partial charge in [0, 0.05) is 5.56 Å². The van der Waals surface area contributed by atoms with Crippen LogP contribution in [0.15, 0.2) is 24.3 Å². The van der Waals surface area contributed by atoms with E-state index in [4.69, 9.17) is 0 Å². The minimum atomic E-state index is -0.101. The monoisotopic (exact) mass is 176 g/mol. The van der Waals surface area contributed by atoms with Gasteiger partial charge in [0.25, 0.3) is 0 Å². The minimum absolute atomic E-state index is 0.00343. The molecule has 0 N–H and O–H groups in total. The fraction of sp³-hybridized carbons (Fsp3) is 0.273. The first-order valence-electron chi connectivity index (χ1n) is 4.19. The number of Topliss-reactive ketones (excluding diaryl/α,β-unsaturated/α-hetero) is 2. The van der Waals surface area contributed by atoms with Gasteiger partial charge in [-0.1, -0.05) is 23.8 Å². The van der Waals surface area contributed by atoms with Gasteiger partial charge in [-0.25, -0.2) is 0 Å². The van der Waals surface area contributed by atoms with Gasteiger partial charge in [-0.3, -0.25) is 9.59 Å². The Morgan fingerprint density at radius 3 is 2.54 bits per heavy atom. The van der Waals surface area contributed by atoms with E-state index in [0.717, 1.165) is 5.56 Å². The molecule has 0 amide bonds. The maximum absolute atomic E-state index is 11.4. The van der Waals surface area contributed by atoms with Gasteiger partial charge in [0.2, 0.25) is 0 Å². The highest BCUT2D eigenvalue weighted by molar-refractivity contribution is 6.07. The molecule has 0 saturated carbocycles. The predicted octanol–water partition coefficient (Wildman–Crippen LogP) is 2.16. The molecular weight excluding hydrogens is 164 g/mol. The maximum atomic E-state index is 11.4. The molecule has 0 heterocycles. The smallest absolute Gasteiger partial charge is 0.170 e. The van der Waals surface area contributed by atoms with Crippen molar-refractivity contribution >= 4 is 11.6 Å². The second kappa shape index (κ2) is 3.99. The molecule has 0 aliphatic carbocycles. The van der Waals surface area contributed by atoms with Crippen LogP contribution in [0.25, 0.3) is 0 Å². The summed E-state index contributed by atoms with van der Waals surface area (Å²) in [6.45, 7) is 3.35. The van der Waals surface area contributed by atoms with Crippen molar-refractivity contribution in [1.82, 2.24) is 0 Å². The molecule has 0 atom stereocenters. The van der Waals surface area contributed by atoms with Crippen LogP contribution in [0.3, 0.4) is 0 Å². The molecular formula is C11H12O2. The van der Waals surface area contributed by atoms with Crippen LogP contribution in [0, 0.1) is 6.92 Å². The Morgan fingerprint density at radius 1 is 1.31 bits per heavy atom. The zero-order valence-corrected chi connectivity index (χ0v) is 7.83. The average molecular weight is 176 g/mol. The predicted molar refractivity (Wildman–Crippen MR) is 50.8 cm³/mol. The van der Waals surface area contributed by atoms with Gasteiger partial charge in [0.1, 0.15) is 5.78 Å². The summed E-state index contributed by atoms with van der Waals surface area (Å²) in [7, 11) is 0. The fourth-order valence-corrected chi connectivity index (χ4v) is 1.15. The number of hydrogen-bond donors (Lipinski definition) is 0. The lowest BCUT2D eigenvalue weighted by atomic mass is 10.0. The van der Waals surface area contributed by atoms with E-state index < -0.39 is 0 Å². The fourth-order valence-electron chi connectivity index (χ4n) is 1.15. The lowest BCUT2D eigenvalue weighted by Crippen LogP contribution is -2.04. The third-order valence-electron chi connectivity index (χ3n) is 1.75. The van der Waals surface area contributed by atoms with Crippen LogP contribution < -0.4 is 0 Å². The second-order valence-electron chi connectivity index (χ2n) is 3.17. The van der Waals surface area contributed by atoms with Crippen LogP contribution in [0.5, 0.6) is 0 Å². The molecule has 0 spiro atoms. The largest absolute Gasteiger partial charge is 0.300 e. The molecule has 0 radical (unpaired) electrons. The van der Waals surface area contributed by atoms with Crippen molar-refractivity contribution < 1.29 is 9.59 Å². The molecule has 0 fully saturated rings. The quantitative estimate of drug-likeness (QED) is 0.522. The normalized spacial score (nSPS) is 9.69. The first-order chi connectivity index (χ1) is 6.09. The summed E-state index contributed by atoms with van der Waals surface area (Å²) in [5, 5.41) is 0. The molecule has 1 rings (SSSR count). The van der Waals surface area contributed by atoms with E-state index in [1.807, 2.05) is 19.1 Å². The third kappa shape index (κ3) is 2.82. The Kier molecular flexibility index (Phi) is 2.96. The molecule has 1 aromatic rings. The van der Waals surface area contributed by atoms with E-state index in [0.29, 0.717) is 5.56 Å². The summed E-state index contributed by atoms with van der Waals surface area (Å²) < 4.78 is 0. The lowest BCUT2D eigenvalue weighted by Gasteiger charge is -1.99. The van der Waals surface area contributed by atoms with Gasteiger partial charge >= 0.3 is 0 Å². The number of hydrogen-bond acceptors (Lipinski definition) is 2. The summed E-state index contributed by atoms with van der Waals surface area (Å²) in [4.78, 5) is 22.1. The van der Waals surface area contributed by atoms with Gasteiger partial charge in [-0.05, 0) is 19.9 Å². The number of carbonyl (C=O) groups is 2. The van der Waals surface area contributed by atoms with E-state index in [2.05, 4.69) is 0 Å². The number of benzene rings is 1. The third-order valence-corrected chi connectivity index (χ3v) is 1.75. The molecule has 13 heavy (non-hydrogen) atoms. The Balaban J connectivity index is 2.83. The van der Waals surface area contributed by atoms with Crippen molar-refractivity contribution in [2.24, 2.45) is 0 Å². The van der Waals surface area contributed by atoms with Crippen molar-refractivity contribution in [3.05, 3.63) is 35.4 Å². The van der Waals surface area contributed by atoms with E-state index in [1.54, 1.807) is 12.1 Å². The van der Waals surface area contributed by atoms with Crippen molar-refractivity contribution in [1.29, 1.82) is 0 Å². The number of rotatable bonds is 3. The van der Waals surface area contributed by atoms with Crippen LogP contribution in [-0.2, 0) is 4.79 Å². The second-order valence-corrected chi connectivity index (χ2v) is 3.17. The van der Waals surface area contributed by atoms with E-state index in [1.165, 1.54) is 6.92 Å². The molecule has 1 aromatic carbocycles. The highest BCUT2D eigenvalue weighted by Crippen LogP contribution is 2.06. The van der Waals surface area contributed by atoms with Gasteiger partial charge in [-0.2, -0.15) is 0 Å². The zero-order valence-electron chi connectivity index (χ0n) is 7.83. The Bertz CT molecular complexity index is 340. The molecule has 0 aliphatic rings. The van der Waals surface area contributed by atoms with E-state index >= 15 is 0 Å². The minimum Gasteiger partial charge on any atom is -0.300 e. The van der Waals surface area contributed by atoms with Crippen LogP contribution in [0.4, 0.5) is 0 Å². The maximum Gasteiger partial charge on any atom is 0.170 e. The highest BCUT2D eigenvalue weighted by atomic mass is 16.1. The van der Waals surface area contributed by atoms with E-state index in [9.17, 15) is 9.59 Å². The SMILES string of the molecule is CC(=O)CC(=O)c1cccc(C)c1. The van der Waals surface area contributed by atoms with Crippen LogP contribution in [-0.4, -0.2) is 11.6 Å². The summed E-state index contributed by atoms with van der Waals surface area (Å²) in [6, 6.07) is 7.27. The standard InChI is InChI=1S/C11H12O2/c1-8-4-3-5-10(6-8)11(13)7-9(2)12/h3-6H,7H2,1-2H3. The Labute approximate surface area is 77.6 Å².